The van der Waals surface area contributed by atoms with Gasteiger partial charge in [0.15, 0.2) is 0 Å². The zero-order valence-electron chi connectivity index (χ0n) is 7.68. The van der Waals surface area contributed by atoms with Gasteiger partial charge >= 0.3 is 0 Å². The number of aromatic nitrogens is 2. The maximum Gasteiger partial charge on any atom is 0.133 e. The van der Waals surface area contributed by atoms with Crippen LogP contribution in [0.1, 0.15) is 16.3 Å². The topological polar surface area (TPSA) is 51.8 Å². The van der Waals surface area contributed by atoms with Gasteiger partial charge in [-0.2, -0.15) is 0 Å². The number of nitrogens with two attached hydrogens (primary N) is 1. The second-order valence-electron chi connectivity index (χ2n) is 2.97. The van der Waals surface area contributed by atoms with Crippen molar-refractivity contribution in [3.63, 3.8) is 0 Å². The highest BCUT2D eigenvalue weighted by molar-refractivity contribution is 7.09. The number of thiophene rings is 1. The maximum absolute atomic E-state index is 5.46. The molecule has 0 bridgehead atoms. The van der Waals surface area contributed by atoms with E-state index in [9.17, 15) is 0 Å². The number of hydrogen-bond donors (Lipinski definition) is 1. The van der Waals surface area contributed by atoms with Crippen LogP contribution < -0.4 is 5.73 Å². The first kappa shape index (κ1) is 9.30. The van der Waals surface area contributed by atoms with Gasteiger partial charge in [-0.05, 0) is 11.4 Å². The van der Waals surface area contributed by atoms with E-state index in [1.165, 1.54) is 4.88 Å². The third-order valence-corrected chi connectivity index (χ3v) is 2.78. The summed E-state index contributed by atoms with van der Waals surface area (Å²) in [6, 6.07) is 4.12. The minimum absolute atomic E-state index is 0.499. The molecule has 0 saturated heterocycles. The van der Waals surface area contributed by atoms with Crippen molar-refractivity contribution in [2.75, 3.05) is 0 Å². The van der Waals surface area contributed by atoms with Crippen LogP contribution in [0.25, 0.3) is 0 Å². The molecular weight excluding hydrogens is 194 g/mol. The molecule has 2 N–H and O–H groups in total. The number of hydrogen-bond acceptors (Lipinski definition) is 4. The summed E-state index contributed by atoms with van der Waals surface area (Å²) in [5.41, 5.74) is 6.43. The molecule has 0 unspecified atom stereocenters. The van der Waals surface area contributed by atoms with Crippen molar-refractivity contribution in [2.45, 2.75) is 13.0 Å². The van der Waals surface area contributed by atoms with Crippen LogP contribution in [0.5, 0.6) is 0 Å². The zero-order chi connectivity index (χ0) is 9.80. The van der Waals surface area contributed by atoms with Crippen molar-refractivity contribution in [3.8, 4) is 0 Å². The van der Waals surface area contributed by atoms with Gasteiger partial charge in [0.25, 0.3) is 0 Å². The lowest BCUT2D eigenvalue weighted by Gasteiger charge is -1.98. The smallest absolute Gasteiger partial charge is 0.133 e. The molecule has 2 aromatic heterocycles. The molecule has 4 heteroatoms. The molecule has 0 fully saturated rings. The maximum atomic E-state index is 5.46. The molecule has 2 aromatic rings. The Labute approximate surface area is 86.6 Å². The summed E-state index contributed by atoms with van der Waals surface area (Å²) in [6.45, 7) is 0.499. The summed E-state index contributed by atoms with van der Waals surface area (Å²) in [4.78, 5) is 9.76. The molecule has 0 amide bonds. The van der Waals surface area contributed by atoms with Crippen LogP contribution >= 0.6 is 11.3 Å². The van der Waals surface area contributed by atoms with Crippen LogP contribution in [0.4, 0.5) is 0 Å². The summed E-state index contributed by atoms with van der Waals surface area (Å²) in [5, 5.41) is 2.06. The van der Waals surface area contributed by atoms with Crippen LogP contribution in [0, 0.1) is 0 Å². The Morgan fingerprint density at radius 1 is 1.29 bits per heavy atom. The predicted molar refractivity (Wildman–Crippen MR) is 57.0 cm³/mol. The molecule has 0 aromatic carbocycles. The fourth-order valence-corrected chi connectivity index (χ4v) is 1.85. The summed E-state index contributed by atoms with van der Waals surface area (Å²) in [7, 11) is 0. The van der Waals surface area contributed by atoms with Gasteiger partial charge in [-0.3, -0.25) is 0 Å². The van der Waals surface area contributed by atoms with Crippen molar-refractivity contribution in [1.82, 2.24) is 9.97 Å². The van der Waals surface area contributed by atoms with Gasteiger partial charge in [0.1, 0.15) is 5.82 Å². The fraction of sp³-hybridized carbons (Fsp3) is 0.200. The highest BCUT2D eigenvalue weighted by Crippen LogP contribution is 2.11. The summed E-state index contributed by atoms with van der Waals surface area (Å²) >= 11 is 1.72. The van der Waals surface area contributed by atoms with Crippen molar-refractivity contribution in [2.24, 2.45) is 5.73 Å². The highest BCUT2D eigenvalue weighted by Gasteiger charge is 1.99. The Morgan fingerprint density at radius 2 is 2.07 bits per heavy atom. The van der Waals surface area contributed by atoms with Gasteiger partial charge in [-0.25, -0.2) is 9.97 Å². The molecule has 14 heavy (non-hydrogen) atoms. The molecule has 2 rings (SSSR count). The minimum atomic E-state index is 0.499. The van der Waals surface area contributed by atoms with Crippen LogP contribution in [0.2, 0.25) is 0 Å². The fourth-order valence-electron chi connectivity index (χ4n) is 1.15. The molecule has 0 aliphatic heterocycles. The molecule has 0 radical (unpaired) electrons. The summed E-state index contributed by atoms with van der Waals surface area (Å²) in [5.74, 6) is 0.852. The predicted octanol–water partition coefficient (Wildman–Crippen LogP) is 1.59. The van der Waals surface area contributed by atoms with Crippen molar-refractivity contribution in [3.05, 3.63) is 46.2 Å². The number of rotatable bonds is 3. The molecule has 0 aliphatic carbocycles. The SMILES string of the molecule is NCc1cnc(Cc2cccs2)nc1. The standard InChI is InChI=1S/C10H11N3S/c11-5-8-6-12-10(13-7-8)4-9-2-1-3-14-9/h1-3,6-7H,4-5,11H2. The van der Waals surface area contributed by atoms with E-state index < -0.39 is 0 Å². The monoisotopic (exact) mass is 205 g/mol. The lowest BCUT2D eigenvalue weighted by molar-refractivity contribution is 0.932. The van der Waals surface area contributed by atoms with Gasteiger partial charge in [-0.1, -0.05) is 6.07 Å². The van der Waals surface area contributed by atoms with Crippen LogP contribution in [0.15, 0.2) is 29.9 Å². The quantitative estimate of drug-likeness (QED) is 0.827. The van der Waals surface area contributed by atoms with Crippen LogP contribution in [0.3, 0.4) is 0 Å². The van der Waals surface area contributed by atoms with Gasteiger partial charge < -0.3 is 5.73 Å². The van der Waals surface area contributed by atoms with Gasteiger partial charge in [0.2, 0.25) is 0 Å². The number of nitrogens with zero attached hydrogens (tertiary/aromatic N) is 2. The lowest BCUT2D eigenvalue weighted by Crippen LogP contribution is -2.01. The molecule has 3 nitrogen and oxygen atoms in total. The van der Waals surface area contributed by atoms with E-state index in [4.69, 9.17) is 5.73 Å². The third-order valence-electron chi connectivity index (χ3n) is 1.91. The zero-order valence-corrected chi connectivity index (χ0v) is 8.50. The summed E-state index contributed by atoms with van der Waals surface area (Å²) < 4.78 is 0. The van der Waals surface area contributed by atoms with Crippen LogP contribution in [-0.2, 0) is 13.0 Å². The first-order valence-electron chi connectivity index (χ1n) is 4.41. The van der Waals surface area contributed by atoms with Gasteiger partial charge in [-0.15, -0.1) is 11.3 Å². The molecule has 72 valence electrons. The lowest BCUT2D eigenvalue weighted by atomic mass is 10.3. The Balaban J connectivity index is 2.10. The van der Waals surface area contributed by atoms with Crippen molar-refractivity contribution >= 4 is 11.3 Å². The van der Waals surface area contributed by atoms with E-state index in [2.05, 4.69) is 21.4 Å². The first-order chi connectivity index (χ1) is 6.88. The van der Waals surface area contributed by atoms with E-state index in [0.29, 0.717) is 6.54 Å². The van der Waals surface area contributed by atoms with E-state index in [1.807, 2.05) is 6.07 Å². The van der Waals surface area contributed by atoms with Crippen molar-refractivity contribution < 1.29 is 0 Å². The Kier molecular flexibility index (Phi) is 2.86. The van der Waals surface area contributed by atoms with E-state index in [-0.39, 0.29) is 0 Å². The van der Waals surface area contributed by atoms with E-state index in [1.54, 1.807) is 23.7 Å². The minimum Gasteiger partial charge on any atom is -0.326 e. The highest BCUT2D eigenvalue weighted by atomic mass is 32.1. The van der Waals surface area contributed by atoms with E-state index >= 15 is 0 Å². The molecule has 0 aliphatic rings. The normalized spacial score (nSPS) is 10.4. The Morgan fingerprint density at radius 3 is 2.64 bits per heavy atom. The van der Waals surface area contributed by atoms with Gasteiger partial charge in [0, 0.05) is 35.8 Å². The molecular formula is C10H11N3S. The molecule has 0 saturated carbocycles. The molecule has 2 heterocycles. The van der Waals surface area contributed by atoms with Gasteiger partial charge in [0.05, 0.1) is 0 Å². The average molecular weight is 205 g/mol. The van der Waals surface area contributed by atoms with Crippen LogP contribution in [-0.4, -0.2) is 9.97 Å². The first-order valence-corrected chi connectivity index (χ1v) is 5.28. The second-order valence-corrected chi connectivity index (χ2v) is 4.00. The van der Waals surface area contributed by atoms with Crippen molar-refractivity contribution in [1.29, 1.82) is 0 Å². The second kappa shape index (κ2) is 4.30. The Bertz CT molecular complexity index is 380. The average Bonchev–Trinajstić information content (AvgIpc) is 2.72. The molecule has 0 atom stereocenters. The largest absolute Gasteiger partial charge is 0.326 e. The molecule has 0 spiro atoms. The van der Waals surface area contributed by atoms with E-state index in [0.717, 1.165) is 17.8 Å². The summed E-state index contributed by atoms with van der Waals surface area (Å²) in [6.07, 6.45) is 4.38. The Hall–Kier alpha value is -1.26. The third kappa shape index (κ3) is 2.16.